The molecule has 0 amide bonds. The predicted octanol–water partition coefficient (Wildman–Crippen LogP) is 2.39. The lowest BCUT2D eigenvalue weighted by Crippen LogP contribution is -2.35. The molecule has 0 atom stereocenters. The van der Waals surface area contributed by atoms with E-state index in [1.54, 1.807) is 48.5 Å². The van der Waals surface area contributed by atoms with Crippen LogP contribution in [0.4, 0.5) is 0 Å². The van der Waals surface area contributed by atoms with Crippen LogP contribution in [0, 0.1) is 25.7 Å². The summed E-state index contributed by atoms with van der Waals surface area (Å²) in [6, 6.07) is 13.3. The fourth-order valence-electron chi connectivity index (χ4n) is 3.00. The van der Waals surface area contributed by atoms with E-state index in [4.69, 9.17) is 0 Å². The summed E-state index contributed by atoms with van der Waals surface area (Å²) in [5.74, 6) is 5.64. The Kier molecular flexibility index (Phi) is 6.44. The average Bonchev–Trinajstić information content (AvgIpc) is 2.81. The Labute approximate surface area is 173 Å². The minimum Gasteiger partial charge on any atom is -0.207 e. The Morgan fingerprint density at radius 3 is 1.34 bits per heavy atom. The van der Waals surface area contributed by atoms with Crippen LogP contribution in [0.2, 0.25) is 0 Å². The van der Waals surface area contributed by atoms with Crippen LogP contribution >= 0.6 is 0 Å². The summed E-state index contributed by atoms with van der Waals surface area (Å²) in [6.07, 6.45) is 0.375. The molecule has 1 aliphatic rings. The van der Waals surface area contributed by atoms with Crippen molar-refractivity contribution in [2.45, 2.75) is 30.1 Å². The van der Waals surface area contributed by atoms with Gasteiger partial charge in [-0.25, -0.2) is 16.8 Å². The molecule has 0 spiro atoms. The van der Waals surface area contributed by atoms with Gasteiger partial charge in [-0.15, -0.1) is 0 Å². The van der Waals surface area contributed by atoms with Crippen LogP contribution in [0.1, 0.15) is 17.5 Å². The quantitative estimate of drug-likeness (QED) is 0.696. The first-order valence-electron chi connectivity index (χ1n) is 9.30. The first-order chi connectivity index (χ1) is 13.7. The van der Waals surface area contributed by atoms with Crippen molar-refractivity contribution < 1.29 is 16.8 Å². The molecular formula is C21H24N2O4S2. The van der Waals surface area contributed by atoms with Crippen LogP contribution < -0.4 is 0 Å². The molecule has 8 heteroatoms. The summed E-state index contributed by atoms with van der Waals surface area (Å²) >= 11 is 0. The van der Waals surface area contributed by atoms with Crippen molar-refractivity contribution in [1.82, 2.24) is 8.61 Å². The Morgan fingerprint density at radius 1 is 0.655 bits per heavy atom. The first-order valence-corrected chi connectivity index (χ1v) is 12.2. The van der Waals surface area contributed by atoms with Crippen molar-refractivity contribution in [3.63, 3.8) is 0 Å². The summed E-state index contributed by atoms with van der Waals surface area (Å²) in [5, 5.41) is 0. The first kappa shape index (κ1) is 21.5. The lowest BCUT2D eigenvalue weighted by atomic mass is 10.2. The van der Waals surface area contributed by atoms with Gasteiger partial charge in [-0.05, 0) is 44.5 Å². The van der Waals surface area contributed by atoms with Crippen LogP contribution in [0.3, 0.4) is 0 Å². The molecule has 0 aliphatic carbocycles. The number of hydrogen-bond acceptors (Lipinski definition) is 4. The van der Waals surface area contributed by atoms with E-state index in [9.17, 15) is 16.8 Å². The highest BCUT2D eigenvalue weighted by Crippen LogP contribution is 2.19. The third-order valence-electron chi connectivity index (χ3n) is 4.77. The van der Waals surface area contributed by atoms with Gasteiger partial charge in [0.15, 0.2) is 0 Å². The zero-order chi connectivity index (χ0) is 21.1. The van der Waals surface area contributed by atoms with Gasteiger partial charge in [-0.1, -0.05) is 47.2 Å². The van der Waals surface area contributed by atoms with Gasteiger partial charge >= 0.3 is 0 Å². The number of aryl methyl sites for hydroxylation is 2. The van der Waals surface area contributed by atoms with Crippen molar-refractivity contribution in [2.75, 3.05) is 26.2 Å². The van der Waals surface area contributed by atoms with Crippen molar-refractivity contribution >= 4 is 20.0 Å². The second kappa shape index (κ2) is 8.67. The van der Waals surface area contributed by atoms with E-state index in [2.05, 4.69) is 11.8 Å². The van der Waals surface area contributed by atoms with E-state index in [0.717, 1.165) is 11.1 Å². The third-order valence-corrected chi connectivity index (χ3v) is 8.49. The molecule has 2 aromatic rings. The fourth-order valence-corrected chi connectivity index (χ4v) is 5.76. The van der Waals surface area contributed by atoms with E-state index in [-0.39, 0.29) is 36.0 Å². The maximum Gasteiger partial charge on any atom is 0.243 e. The third kappa shape index (κ3) is 4.87. The largest absolute Gasteiger partial charge is 0.243 e. The van der Waals surface area contributed by atoms with Gasteiger partial charge in [0.1, 0.15) is 0 Å². The Bertz CT molecular complexity index is 1040. The minimum atomic E-state index is -3.68. The average molecular weight is 433 g/mol. The molecule has 6 nitrogen and oxygen atoms in total. The molecule has 0 unspecified atom stereocenters. The summed E-state index contributed by atoms with van der Waals surface area (Å²) in [4.78, 5) is 0.432. The standard InChI is InChI=1S/C21H24N2O4S2/c1-18-6-10-20(11-7-18)28(24,25)22-14-3-4-15-23(17-5-16-22)29(26,27)21-12-8-19(2)9-13-21/h6-13H,5,14-17H2,1-2H3. The number of nitrogens with zero attached hydrogens (tertiary/aromatic N) is 2. The normalized spacial score (nSPS) is 16.9. The molecule has 0 N–H and O–H groups in total. The maximum absolute atomic E-state index is 12.9. The van der Waals surface area contributed by atoms with E-state index < -0.39 is 20.0 Å². The number of hydrogen-bond donors (Lipinski definition) is 0. The van der Waals surface area contributed by atoms with Gasteiger partial charge in [0.05, 0.1) is 22.9 Å². The molecule has 29 heavy (non-hydrogen) atoms. The lowest BCUT2D eigenvalue weighted by molar-refractivity contribution is 0.396. The van der Waals surface area contributed by atoms with E-state index in [0.29, 0.717) is 6.42 Å². The van der Waals surface area contributed by atoms with Crippen LogP contribution in [-0.2, 0) is 20.0 Å². The number of sulfonamides is 2. The summed E-state index contributed by atoms with van der Waals surface area (Å²) in [6.45, 7) is 4.26. The van der Waals surface area contributed by atoms with Gasteiger partial charge in [0.25, 0.3) is 0 Å². The molecule has 2 aromatic carbocycles. The van der Waals surface area contributed by atoms with Crippen molar-refractivity contribution in [2.24, 2.45) is 0 Å². The summed E-state index contributed by atoms with van der Waals surface area (Å²) < 4.78 is 54.4. The fraction of sp³-hybridized carbons (Fsp3) is 0.333. The molecule has 1 heterocycles. The SMILES string of the molecule is Cc1ccc(S(=O)(=O)N2CC#CCN(S(=O)(=O)c3ccc(C)cc3)CCC2)cc1. The zero-order valence-corrected chi connectivity index (χ0v) is 18.1. The van der Waals surface area contributed by atoms with E-state index >= 15 is 0 Å². The van der Waals surface area contributed by atoms with Crippen molar-refractivity contribution in [3.8, 4) is 11.8 Å². The minimum absolute atomic E-state index is 0.0363. The number of benzene rings is 2. The molecular weight excluding hydrogens is 408 g/mol. The molecule has 0 radical (unpaired) electrons. The monoisotopic (exact) mass is 432 g/mol. The smallest absolute Gasteiger partial charge is 0.207 e. The van der Waals surface area contributed by atoms with Gasteiger partial charge in [0, 0.05) is 13.1 Å². The number of rotatable bonds is 4. The van der Waals surface area contributed by atoms with Gasteiger partial charge in [-0.3, -0.25) is 0 Å². The molecule has 1 aliphatic heterocycles. The van der Waals surface area contributed by atoms with Crippen molar-refractivity contribution in [1.29, 1.82) is 0 Å². The van der Waals surface area contributed by atoms with E-state index in [1.807, 2.05) is 13.8 Å². The molecule has 154 valence electrons. The van der Waals surface area contributed by atoms with E-state index in [1.165, 1.54) is 8.61 Å². The zero-order valence-electron chi connectivity index (χ0n) is 16.5. The van der Waals surface area contributed by atoms with Gasteiger partial charge in [-0.2, -0.15) is 8.61 Å². The molecule has 3 rings (SSSR count). The molecule has 0 fully saturated rings. The van der Waals surface area contributed by atoms with Crippen molar-refractivity contribution in [3.05, 3.63) is 59.7 Å². The Balaban J connectivity index is 1.78. The molecule has 0 aromatic heterocycles. The Hall–Kier alpha value is -2.18. The maximum atomic E-state index is 12.9. The Morgan fingerprint density at radius 2 is 1.00 bits per heavy atom. The van der Waals surface area contributed by atoms with Gasteiger partial charge in [0.2, 0.25) is 20.0 Å². The summed E-state index contributed by atoms with van der Waals surface area (Å²) in [7, 11) is -7.36. The predicted molar refractivity (Wildman–Crippen MR) is 112 cm³/mol. The molecule has 0 bridgehead atoms. The highest BCUT2D eigenvalue weighted by molar-refractivity contribution is 7.89. The highest BCUT2D eigenvalue weighted by atomic mass is 32.2. The second-order valence-electron chi connectivity index (χ2n) is 7.01. The van der Waals surface area contributed by atoms with Crippen LogP contribution in [-0.4, -0.2) is 51.6 Å². The molecule has 0 saturated carbocycles. The highest BCUT2D eigenvalue weighted by Gasteiger charge is 2.27. The van der Waals surface area contributed by atoms with Crippen LogP contribution in [0.25, 0.3) is 0 Å². The van der Waals surface area contributed by atoms with Crippen LogP contribution in [0.5, 0.6) is 0 Å². The lowest BCUT2D eigenvalue weighted by Gasteiger charge is -2.22. The molecule has 0 saturated heterocycles. The summed E-state index contributed by atoms with van der Waals surface area (Å²) in [5.41, 5.74) is 1.95. The van der Waals surface area contributed by atoms with Crippen LogP contribution in [0.15, 0.2) is 58.3 Å². The topological polar surface area (TPSA) is 74.8 Å². The van der Waals surface area contributed by atoms with Gasteiger partial charge < -0.3 is 0 Å². The second-order valence-corrected chi connectivity index (χ2v) is 10.9.